The number of halogens is 2. The van der Waals surface area contributed by atoms with Gasteiger partial charge >= 0.3 is 5.84 Å². The Kier molecular flexibility index (Phi) is 3.72. The summed E-state index contributed by atoms with van der Waals surface area (Å²) in [4.78, 5) is 3.27. The van der Waals surface area contributed by atoms with Crippen LogP contribution >= 0.6 is 23.2 Å². The number of anilines is 1. The molecule has 1 aromatic carbocycles. The fourth-order valence-corrected chi connectivity index (χ4v) is 1.52. The lowest BCUT2D eigenvalue weighted by atomic mass is 10.2. The summed E-state index contributed by atoms with van der Waals surface area (Å²) in [6.07, 6.45) is 0. The van der Waals surface area contributed by atoms with E-state index >= 15 is 0 Å². The van der Waals surface area contributed by atoms with Gasteiger partial charge in [-0.15, -0.1) is 5.10 Å². The number of aromatic amines is 1. The van der Waals surface area contributed by atoms with Crippen LogP contribution in [0.25, 0.3) is 4.85 Å². The first-order valence-corrected chi connectivity index (χ1v) is 5.37. The molecule has 0 amide bonds. The number of hydrogen-bond acceptors (Lipinski definition) is 5. The Morgan fingerprint density at radius 2 is 2.28 bits per heavy atom. The summed E-state index contributed by atoms with van der Waals surface area (Å²) >= 11 is 11.9. The number of aromatic nitrogens is 4. The highest BCUT2D eigenvalue weighted by atomic mass is 35.5. The van der Waals surface area contributed by atoms with Crippen LogP contribution in [0.3, 0.4) is 0 Å². The Labute approximate surface area is 112 Å². The van der Waals surface area contributed by atoms with Crippen molar-refractivity contribution in [2.45, 2.75) is 0 Å². The van der Waals surface area contributed by atoms with Gasteiger partial charge < -0.3 is 4.85 Å². The zero-order chi connectivity index (χ0) is 13.0. The van der Waals surface area contributed by atoms with Gasteiger partial charge in [-0.05, 0) is 16.4 Å². The molecule has 0 fully saturated rings. The number of tetrazole rings is 1. The van der Waals surface area contributed by atoms with Crippen LogP contribution in [0, 0.1) is 6.57 Å². The minimum Gasteiger partial charge on any atom is -0.358 e. The molecule has 2 rings (SSSR count). The predicted octanol–water partition coefficient (Wildman–Crippen LogP) is 2.20. The molecular formula is C9H5Cl2N7. The molecule has 7 nitrogen and oxygen atoms in total. The largest absolute Gasteiger partial charge is 0.358 e. The molecule has 0 bridgehead atoms. The third kappa shape index (κ3) is 2.56. The molecular weight excluding hydrogens is 277 g/mol. The molecule has 9 heteroatoms. The van der Waals surface area contributed by atoms with E-state index < -0.39 is 0 Å². The molecule has 90 valence electrons. The van der Waals surface area contributed by atoms with Crippen LogP contribution in [0.5, 0.6) is 0 Å². The van der Waals surface area contributed by atoms with E-state index in [1.807, 2.05) is 0 Å². The minimum absolute atomic E-state index is 0.0484. The highest BCUT2D eigenvalue weighted by molar-refractivity contribution is 6.44. The maximum Gasteiger partial charge on any atom is 0.302 e. The van der Waals surface area contributed by atoms with E-state index in [1.54, 1.807) is 18.2 Å². The van der Waals surface area contributed by atoms with Gasteiger partial charge in [0.15, 0.2) is 0 Å². The molecule has 0 radical (unpaired) electrons. The van der Waals surface area contributed by atoms with E-state index in [0.717, 1.165) is 0 Å². The molecule has 0 aliphatic rings. The first-order chi connectivity index (χ1) is 8.72. The number of nitrogens with one attached hydrogen (secondary N) is 2. The van der Waals surface area contributed by atoms with Crippen molar-refractivity contribution in [1.82, 2.24) is 20.6 Å². The number of hydrogen-bond donors (Lipinski definition) is 2. The summed E-state index contributed by atoms with van der Waals surface area (Å²) in [6, 6.07) is 4.95. The van der Waals surface area contributed by atoms with Gasteiger partial charge in [-0.25, -0.2) is 0 Å². The van der Waals surface area contributed by atoms with Crippen LogP contribution < -0.4 is 5.43 Å². The molecule has 1 aromatic heterocycles. The van der Waals surface area contributed by atoms with Crippen LogP contribution in [0.4, 0.5) is 5.95 Å². The number of nitrogens with zero attached hydrogens (tertiary/aromatic N) is 5. The molecule has 0 unspecified atom stereocenters. The van der Waals surface area contributed by atoms with Gasteiger partial charge in [-0.1, -0.05) is 47.0 Å². The van der Waals surface area contributed by atoms with Crippen LogP contribution in [0.1, 0.15) is 5.56 Å². The van der Waals surface area contributed by atoms with E-state index in [1.165, 1.54) is 0 Å². The molecule has 2 N–H and O–H groups in total. The van der Waals surface area contributed by atoms with Crippen molar-refractivity contribution in [2.75, 3.05) is 5.43 Å². The Balaban J connectivity index is 2.31. The average molecular weight is 282 g/mol. The number of hydrazone groups is 1. The molecule has 0 aliphatic carbocycles. The summed E-state index contributed by atoms with van der Waals surface area (Å²) in [5.74, 6) is 0.196. The summed E-state index contributed by atoms with van der Waals surface area (Å²) in [6.45, 7) is 7.08. The van der Waals surface area contributed by atoms with Gasteiger partial charge in [0.2, 0.25) is 0 Å². The summed E-state index contributed by atoms with van der Waals surface area (Å²) in [7, 11) is 0. The van der Waals surface area contributed by atoms with E-state index in [-0.39, 0.29) is 16.8 Å². The molecule has 1 heterocycles. The van der Waals surface area contributed by atoms with Gasteiger partial charge in [0.1, 0.15) is 0 Å². The zero-order valence-corrected chi connectivity index (χ0v) is 10.2. The maximum absolute atomic E-state index is 7.08. The van der Waals surface area contributed by atoms with Crippen molar-refractivity contribution in [1.29, 1.82) is 0 Å². The van der Waals surface area contributed by atoms with Gasteiger partial charge in [-0.2, -0.15) is 10.6 Å². The Bertz CT molecular complexity index is 614. The van der Waals surface area contributed by atoms with Crippen LogP contribution in [0.2, 0.25) is 10.0 Å². The van der Waals surface area contributed by atoms with E-state index in [9.17, 15) is 0 Å². The smallest absolute Gasteiger partial charge is 0.302 e. The van der Waals surface area contributed by atoms with Gasteiger partial charge in [0.25, 0.3) is 5.95 Å². The van der Waals surface area contributed by atoms with Crippen LogP contribution in [-0.2, 0) is 0 Å². The van der Waals surface area contributed by atoms with Crippen LogP contribution in [-0.4, -0.2) is 26.5 Å². The molecule has 0 saturated heterocycles. The standard InChI is InChI=1S/C9H5Cl2N7/c1-12-8(13-14-9-15-17-18-16-9)5-3-2-4-6(10)7(5)11/h2-4H,(H2,14,15,16,17,18)/b13-8-. The second kappa shape index (κ2) is 5.44. The first kappa shape index (κ1) is 12.3. The molecule has 0 atom stereocenters. The van der Waals surface area contributed by atoms with Gasteiger partial charge in [0, 0.05) is 5.56 Å². The predicted molar refractivity (Wildman–Crippen MR) is 67.4 cm³/mol. The third-order valence-corrected chi connectivity index (χ3v) is 2.72. The zero-order valence-electron chi connectivity index (χ0n) is 8.72. The third-order valence-electron chi connectivity index (χ3n) is 1.91. The molecule has 0 saturated carbocycles. The topological polar surface area (TPSA) is 83.2 Å². The van der Waals surface area contributed by atoms with Crippen molar-refractivity contribution < 1.29 is 0 Å². The highest BCUT2D eigenvalue weighted by Crippen LogP contribution is 2.26. The monoisotopic (exact) mass is 281 g/mol. The lowest BCUT2D eigenvalue weighted by Gasteiger charge is -2.02. The lowest BCUT2D eigenvalue weighted by molar-refractivity contribution is 0.881. The van der Waals surface area contributed by atoms with Crippen LogP contribution in [0.15, 0.2) is 23.3 Å². The summed E-state index contributed by atoms with van der Waals surface area (Å²) < 4.78 is 0. The molecule has 18 heavy (non-hydrogen) atoms. The quantitative estimate of drug-likeness (QED) is 0.391. The van der Waals surface area contributed by atoms with Crippen molar-refractivity contribution in [3.8, 4) is 0 Å². The van der Waals surface area contributed by atoms with Crippen molar-refractivity contribution in [3.63, 3.8) is 0 Å². The minimum atomic E-state index is 0.0484. The second-order valence-corrected chi connectivity index (χ2v) is 3.78. The second-order valence-electron chi connectivity index (χ2n) is 3.00. The summed E-state index contributed by atoms with van der Waals surface area (Å²) in [5, 5.41) is 17.3. The van der Waals surface area contributed by atoms with E-state index in [0.29, 0.717) is 10.6 Å². The van der Waals surface area contributed by atoms with Crippen molar-refractivity contribution >= 4 is 35.0 Å². The number of rotatable bonds is 3. The van der Waals surface area contributed by atoms with Gasteiger partial charge in [0.05, 0.1) is 10.0 Å². The normalized spacial score (nSPS) is 11.1. The Morgan fingerprint density at radius 3 is 2.94 bits per heavy atom. The first-order valence-electron chi connectivity index (χ1n) is 4.61. The number of benzene rings is 1. The fourth-order valence-electron chi connectivity index (χ4n) is 1.13. The maximum atomic E-state index is 7.08. The lowest BCUT2D eigenvalue weighted by Crippen LogP contribution is -2.01. The molecule has 0 spiro atoms. The van der Waals surface area contributed by atoms with Crippen molar-refractivity contribution in [3.05, 3.63) is 45.2 Å². The van der Waals surface area contributed by atoms with E-state index in [4.69, 9.17) is 29.8 Å². The molecule has 0 aliphatic heterocycles. The summed E-state index contributed by atoms with van der Waals surface area (Å²) in [5.41, 5.74) is 2.90. The molecule has 2 aromatic rings. The highest BCUT2D eigenvalue weighted by Gasteiger charge is 2.11. The number of H-pyrrole nitrogens is 1. The van der Waals surface area contributed by atoms with E-state index in [2.05, 4.69) is 36.0 Å². The average Bonchev–Trinajstić information content (AvgIpc) is 2.88. The Morgan fingerprint density at radius 1 is 1.44 bits per heavy atom. The number of amidine groups is 1. The Hall–Kier alpha value is -2.17. The van der Waals surface area contributed by atoms with Gasteiger partial charge in [-0.3, -0.25) is 0 Å². The SMILES string of the molecule is [C-]#[N+]/C(=N\Nc1nn[nH]n1)c1cccc(Cl)c1Cl. The fraction of sp³-hybridized carbons (Fsp3) is 0. The van der Waals surface area contributed by atoms with Crippen molar-refractivity contribution in [2.24, 2.45) is 5.10 Å².